The number of anilines is 1. The summed E-state index contributed by atoms with van der Waals surface area (Å²) in [6.45, 7) is -0.288. The third-order valence-corrected chi connectivity index (χ3v) is 3.93. The Balaban J connectivity index is 2.03. The highest BCUT2D eigenvalue weighted by Gasteiger charge is 2.11. The Morgan fingerprint density at radius 1 is 0.929 bits per heavy atom. The Bertz CT molecular complexity index is 837. The molecule has 0 aliphatic carbocycles. The maximum absolute atomic E-state index is 12.3. The number of amides is 2. The molecule has 2 aromatic rings. The first kappa shape index (κ1) is 20.9. The van der Waals surface area contributed by atoms with Gasteiger partial charge in [0, 0.05) is 18.2 Å². The van der Waals surface area contributed by atoms with Gasteiger partial charge in [0.25, 0.3) is 5.91 Å². The monoisotopic (exact) mass is 388 g/mol. The zero-order valence-corrected chi connectivity index (χ0v) is 16.1. The van der Waals surface area contributed by atoms with E-state index in [1.165, 1.54) is 7.11 Å². The number of nitrogens with one attached hydrogen (secondary N) is 1. The van der Waals surface area contributed by atoms with Crippen LogP contribution < -0.4 is 30.0 Å². The number of carbonyl (C=O) groups is 2. The number of aryl methyl sites for hydroxylation is 1. The van der Waals surface area contributed by atoms with E-state index >= 15 is 0 Å². The van der Waals surface area contributed by atoms with Gasteiger partial charge in [0.05, 0.1) is 21.3 Å². The molecule has 0 bridgehead atoms. The highest BCUT2D eigenvalue weighted by atomic mass is 16.5. The van der Waals surface area contributed by atoms with Crippen molar-refractivity contribution in [1.29, 1.82) is 0 Å². The van der Waals surface area contributed by atoms with Crippen LogP contribution in [0.3, 0.4) is 0 Å². The smallest absolute Gasteiger partial charge is 0.255 e. The molecule has 0 aromatic heterocycles. The lowest BCUT2D eigenvalue weighted by molar-refractivity contribution is -0.120. The van der Waals surface area contributed by atoms with Crippen LogP contribution in [-0.4, -0.2) is 39.8 Å². The van der Waals surface area contributed by atoms with Crippen molar-refractivity contribution in [1.82, 2.24) is 0 Å². The largest absolute Gasteiger partial charge is 0.497 e. The molecular formula is C20H24N2O6. The summed E-state index contributed by atoms with van der Waals surface area (Å²) in [5, 5.41) is 2.79. The van der Waals surface area contributed by atoms with Gasteiger partial charge in [-0.2, -0.15) is 0 Å². The topological polar surface area (TPSA) is 109 Å². The van der Waals surface area contributed by atoms with Crippen LogP contribution >= 0.6 is 0 Å². The number of primary amides is 1. The number of ether oxygens (including phenoxy) is 4. The zero-order chi connectivity index (χ0) is 20.5. The van der Waals surface area contributed by atoms with Crippen molar-refractivity contribution >= 4 is 17.5 Å². The molecule has 2 amide bonds. The minimum atomic E-state index is -0.608. The Kier molecular flexibility index (Phi) is 7.50. The van der Waals surface area contributed by atoms with Crippen molar-refractivity contribution in [3.8, 4) is 23.0 Å². The lowest BCUT2D eigenvalue weighted by Crippen LogP contribution is -2.20. The summed E-state index contributed by atoms with van der Waals surface area (Å²) in [6, 6.07) is 10.3. The number of nitrogens with two attached hydrogens (primary N) is 1. The van der Waals surface area contributed by atoms with Crippen molar-refractivity contribution in [3.63, 3.8) is 0 Å². The highest BCUT2D eigenvalue weighted by Crippen LogP contribution is 2.30. The summed E-state index contributed by atoms with van der Waals surface area (Å²) < 4.78 is 21.0. The molecule has 0 fully saturated rings. The maximum Gasteiger partial charge on any atom is 0.255 e. The van der Waals surface area contributed by atoms with Crippen LogP contribution in [0.2, 0.25) is 0 Å². The van der Waals surface area contributed by atoms with E-state index in [9.17, 15) is 9.59 Å². The van der Waals surface area contributed by atoms with Crippen LogP contribution in [0.4, 0.5) is 5.69 Å². The Morgan fingerprint density at radius 2 is 1.64 bits per heavy atom. The summed E-state index contributed by atoms with van der Waals surface area (Å²) in [7, 11) is 4.64. The number of hydrogen-bond acceptors (Lipinski definition) is 6. The van der Waals surface area contributed by atoms with Gasteiger partial charge in [-0.3, -0.25) is 9.59 Å². The van der Waals surface area contributed by atoms with E-state index in [0.29, 0.717) is 35.1 Å². The van der Waals surface area contributed by atoms with Gasteiger partial charge in [-0.1, -0.05) is 0 Å². The van der Waals surface area contributed by atoms with E-state index in [1.54, 1.807) is 44.6 Å². The van der Waals surface area contributed by atoms with Crippen molar-refractivity contribution in [2.24, 2.45) is 5.73 Å². The van der Waals surface area contributed by atoms with Crippen LogP contribution in [0.1, 0.15) is 12.0 Å². The zero-order valence-electron chi connectivity index (χ0n) is 16.1. The van der Waals surface area contributed by atoms with Crippen LogP contribution in [0.5, 0.6) is 23.0 Å². The third kappa shape index (κ3) is 5.80. The minimum Gasteiger partial charge on any atom is -0.497 e. The first-order valence-corrected chi connectivity index (χ1v) is 8.56. The molecule has 0 spiro atoms. The molecule has 2 aromatic carbocycles. The number of rotatable bonds is 10. The average molecular weight is 388 g/mol. The molecule has 0 aliphatic rings. The second-order valence-corrected chi connectivity index (χ2v) is 5.85. The fourth-order valence-electron chi connectivity index (χ4n) is 2.57. The van der Waals surface area contributed by atoms with Crippen LogP contribution in [0.25, 0.3) is 0 Å². The first-order valence-electron chi connectivity index (χ1n) is 8.56. The van der Waals surface area contributed by atoms with E-state index in [1.807, 2.05) is 6.07 Å². The first-order chi connectivity index (χ1) is 13.5. The minimum absolute atomic E-state index is 0.184. The summed E-state index contributed by atoms with van der Waals surface area (Å²) in [6.07, 6.45) is 0.723. The van der Waals surface area contributed by atoms with Crippen molar-refractivity contribution in [2.75, 3.05) is 33.3 Å². The molecule has 3 N–H and O–H groups in total. The second-order valence-electron chi connectivity index (χ2n) is 5.85. The van der Waals surface area contributed by atoms with Gasteiger partial charge >= 0.3 is 0 Å². The molecule has 8 nitrogen and oxygen atoms in total. The van der Waals surface area contributed by atoms with E-state index in [-0.39, 0.29) is 18.9 Å². The van der Waals surface area contributed by atoms with Gasteiger partial charge in [-0.15, -0.1) is 0 Å². The number of benzene rings is 2. The van der Waals surface area contributed by atoms with Gasteiger partial charge in [-0.05, 0) is 42.3 Å². The van der Waals surface area contributed by atoms with Gasteiger partial charge < -0.3 is 30.0 Å². The molecule has 0 radical (unpaired) electrons. The van der Waals surface area contributed by atoms with Crippen molar-refractivity contribution < 1.29 is 28.5 Å². The second kappa shape index (κ2) is 10.1. The van der Waals surface area contributed by atoms with Crippen LogP contribution in [0, 0.1) is 0 Å². The summed E-state index contributed by atoms with van der Waals surface area (Å²) in [5.41, 5.74) is 6.49. The van der Waals surface area contributed by atoms with E-state index in [0.717, 1.165) is 5.56 Å². The quantitative estimate of drug-likeness (QED) is 0.645. The highest BCUT2D eigenvalue weighted by molar-refractivity contribution is 5.91. The number of hydrogen-bond donors (Lipinski definition) is 2. The van der Waals surface area contributed by atoms with Crippen LogP contribution in [0.15, 0.2) is 36.4 Å². The lowest BCUT2D eigenvalue weighted by atomic mass is 10.1. The summed E-state index contributed by atoms with van der Waals surface area (Å²) >= 11 is 0. The molecule has 28 heavy (non-hydrogen) atoms. The summed E-state index contributed by atoms with van der Waals surface area (Å²) in [4.78, 5) is 23.3. The predicted octanol–water partition coefficient (Wildman–Crippen LogP) is 2.15. The third-order valence-electron chi connectivity index (χ3n) is 3.93. The molecule has 0 unspecified atom stereocenters. The van der Waals surface area contributed by atoms with Gasteiger partial charge in [0.2, 0.25) is 5.91 Å². The predicted molar refractivity (Wildman–Crippen MR) is 104 cm³/mol. The Morgan fingerprint density at radius 3 is 2.29 bits per heavy atom. The number of carbonyl (C=O) groups excluding carboxylic acids is 2. The Labute approximate surface area is 163 Å². The van der Waals surface area contributed by atoms with Gasteiger partial charge in [0.1, 0.15) is 11.5 Å². The molecule has 2 rings (SSSR count). The Hall–Kier alpha value is -3.42. The molecule has 0 atom stereocenters. The fourth-order valence-corrected chi connectivity index (χ4v) is 2.57. The van der Waals surface area contributed by atoms with Crippen molar-refractivity contribution in [2.45, 2.75) is 12.8 Å². The standard InChI is InChI=1S/C20H24N2O6/c1-25-15-6-8-16(26-2)13(10-15)4-9-20(24)22-14-5-7-17(27-3)18(11-14)28-12-19(21)23/h5-8,10-11H,4,9,12H2,1-3H3,(H2,21,23)(H,22,24). The molecule has 0 saturated heterocycles. The molecule has 0 aliphatic heterocycles. The van der Waals surface area contributed by atoms with Crippen molar-refractivity contribution in [3.05, 3.63) is 42.0 Å². The SMILES string of the molecule is COc1ccc(OC)c(CCC(=O)Nc2ccc(OC)c(OCC(N)=O)c2)c1. The lowest BCUT2D eigenvalue weighted by Gasteiger charge is -2.13. The van der Waals surface area contributed by atoms with Gasteiger partial charge in [-0.25, -0.2) is 0 Å². The molecular weight excluding hydrogens is 364 g/mol. The molecule has 150 valence electrons. The fraction of sp³-hybridized carbons (Fsp3) is 0.300. The number of methoxy groups -OCH3 is 3. The van der Waals surface area contributed by atoms with Crippen LogP contribution in [-0.2, 0) is 16.0 Å². The summed E-state index contributed by atoms with van der Waals surface area (Å²) in [5.74, 6) is 1.34. The van der Waals surface area contributed by atoms with E-state index in [4.69, 9.17) is 24.7 Å². The molecule has 8 heteroatoms. The average Bonchev–Trinajstić information content (AvgIpc) is 2.70. The molecule has 0 saturated carbocycles. The molecule has 0 heterocycles. The van der Waals surface area contributed by atoms with E-state index in [2.05, 4.69) is 5.32 Å². The normalized spacial score (nSPS) is 10.1. The van der Waals surface area contributed by atoms with Gasteiger partial charge in [0.15, 0.2) is 18.1 Å². The van der Waals surface area contributed by atoms with E-state index < -0.39 is 5.91 Å². The maximum atomic E-state index is 12.3.